The van der Waals surface area contributed by atoms with Crippen LogP contribution in [0.15, 0.2) is 53.2 Å². The molecule has 4 atom stereocenters. The Balaban J connectivity index is 1.23. The van der Waals surface area contributed by atoms with Crippen LogP contribution in [0.5, 0.6) is 11.5 Å². The SMILES string of the molecule is O=C(Nc1ccc2c(c1)OCCO2)C1C2C=CC3(CN(Cc4ccco4)C(=O)C13)O2. The van der Waals surface area contributed by atoms with Gasteiger partial charge in [0.2, 0.25) is 11.8 Å². The third kappa shape index (κ3) is 2.56. The van der Waals surface area contributed by atoms with Gasteiger partial charge in [-0.1, -0.05) is 12.2 Å². The molecule has 4 unspecified atom stereocenters. The number of anilines is 1. The summed E-state index contributed by atoms with van der Waals surface area (Å²) >= 11 is 0. The van der Waals surface area contributed by atoms with Gasteiger partial charge >= 0.3 is 0 Å². The van der Waals surface area contributed by atoms with Gasteiger partial charge in [0.25, 0.3) is 0 Å². The highest BCUT2D eigenvalue weighted by atomic mass is 16.6. The van der Waals surface area contributed by atoms with E-state index >= 15 is 0 Å². The molecule has 2 saturated heterocycles. The fourth-order valence-corrected chi connectivity index (χ4v) is 4.95. The Labute approximate surface area is 172 Å². The van der Waals surface area contributed by atoms with Crippen molar-refractivity contribution in [2.24, 2.45) is 11.8 Å². The van der Waals surface area contributed by atoms with Gasteiger partial charge in [0.15, 0.2) is 11.5 Å². The standard InChI is InChI=1S/C22H20N2O6/c25-20(23-13-3-4-15-17(10-13)29-9-8-28-15)18-16-5-6-22(30-16)12-24(21(26)19(18)22)11-14-2-1-7-27-14/h1-7,10,16,18-19H,8-9,11-12H2,(H,23,25). The molecule has 1 N–H and O–H groups in total. The van der Waals surface area contributed by atoms with E-state index < -0.39 is 23.5 Å². The zero-order valence-electron chi connectivity index (χ0n) is 16.1. The second kappa shape index (κ2) is 6.37. The van der Waals surface area contributed by atoms with E-state index in [-0.39, 0.29) is 11.8 Å². The molecular weight excluding hydrogens is 388 g/mol. The van der Waals surface area contributed by atoms with Gasteiger partial charge in [0, 0.05) is 11.8 Å². The van der Waals surface area contributed by atoms with E-state index in [0.717, 1.165) is 0 Å². The number of amides is 2. The smallest absolute Gasteiger partial charge is 0.231 e. The molecule has 2 aromatic rings. The third-order valence-corrected chi connectivity index (χ3v) is 6.22. The van der Waals surface area contributed by atoms with Crippen LogP contribution in [-0.2, 0) is 20.9 Å². The molecule has 2 amide bonds. The number of furan rings is 1. The van der Waals surface area contributed by atoms with E-state index in [2.05, 4.69) is 5.32 Å². The van der Waals surface area contributed by atoms with E-state index in [0.29, 0.717) is 49.2 Å². The zero-order valence-corrected chi connectivity index (χ0v) is 16.1. The van der Waals surface area contributed by atoms with E-state index in [4.69, 9.17) is 18.6 Å². The van der Waals surface area contributed by atoms with Crippen LogP contribution in [0.1, 0.15) is 5.76 Å². The first kappa shape index (κ1) is 17.6. The fraction of sp³-hybridized carbons (Fsp3) is 0.364. The molecule has 1 spiro atoms. The molecule has 1 aromatic heterocycles. The van der Waals surface area contributed by atoms with Crippen LogP contribution in [0.3, 0.4) is 0 Å². The minimum absolute atomic E-state index is 0.0828. The van der Waals surface area contributed by atoms with Crippen molar-refractivity contribution in [1.29, 1.82) is 0 Å². The molecular formula is C22H20N2O6. The van der Waals surface area contributed by atoms with Crippen LogP contribution in [0.2, 0.25) is 0 Å². The fourth-order valence-electron chi connectivity index (χ4n) is 4.95. The van der Waals surface area contributed by atoms with Crippen molar-refractivity contribution >= 4 is 17.5 Å². The molecule has 8 nitrogen and oxygen atoms in total. The summed E-state index contributed by atoms with van der Waals surface area (Å²) in [6.07, 6.45) is 5.02. The van der Waals surface area contributed by atoms with Crippen molar-refractivity contribution in [3.05, 3.63) is 54.5 Å². The number of hydrogen-bond donors (Lipinski definition) is 1. The predicted octanol–water partition coefficient (Wildman–Crippen LogP) is 1.97. The average Bonchev–Trinajstić information content (AvgIpc) is 3.51. The van der Waals surface area contributed by atoms with Crippen LogP contribution in [0.4, 0.5) is 5.69 Å². The molecule has 1 aromatic carbocycles. The van der Waals surface area contributed by atoms with Gasteiger partial charge in [0.05, 0.1) is 37.3 Å². The largest absolute Gasteiger partial charge is 0.486 e. The summed E-state index contributed by atoms with van der Waals surface area (Å²) in [5, 5.41) is 2.93. The number of benzene rings is 1. The molecule has 154 valence electrons. The molecule has 0 saturated carbocycles. The van der Waals surface area contributed by atoms with E-state index in [9.17, 15) is 9.59 Å². The Morgan fingerprint density at radius 3 is 2.90 bits per heavy atom. The van der Waals surface area contributed by atoms with Crippen molar-refractivity contribution < 1.29 is 28.2 Å². The first-order valence-electron chi connectivity index (χ1n) is 10.0. The Morgan fingerprint density at radius 1 is 1.20 bits per heavy atom. The minimum Gasteiger partial charge on any atom is -0.486 e. The van der Waals surface area contributed by atoms with Gasteiger partial charge in [-0.25, -0.2) is 0 Å². The molecule has 4 aliphatic rings. The van der Waals surface area contributed by atoms with Crippen LogP contribution < -0.4 is 14.8 Å². The lowest BCUT2D eigenvalue weighted by Gasteiger charge is -2.24. The topological polar surface area (TPSA) is 90.2 Å². The van der Waals surface area contributed by atoms with Gasteiger partial charge in [-0.2, -0.15) is 0 Å². The van der Waals surface area contributed by atoms with Crippen molar-refractivity contribution in [1.82, 2.24) is 4.90 Å². The Hall–Kier alpha value is -3.26. The highest BCUT2D eigenvalue weighted by Gasteiger charge is 2.66. The van der Waals surface area contributed by atoms with E-state index in [1.165, 1.54) is 0 Å². The highest BCUT2D eigenvalue weighted by Crippen LogP contribution is 2.52. The number of carbonyl (C=O) groups excluding carboxylic acids is 2. The molecule has 5 heterocycles. The van der Waals surface area contributed by atoms with Gasteiger partial charge in [0.1, 0.15) is 24.6 Å². The number of hydrogen-bond acceptors (Lipinski definition) is 6. The van der Waals surface area contributed by atoms with E-state index in [1.54, 1.807) is 35.4 Å². The number of fused-ring (bicyclic) bond motifs is 2. The van der Waals surface area contributed by atoms with Gasteiger partial charge < -0.3 is 28.8 Å². The summed E-state index contributed by atoms with van der Waals surface area (Å²) < 4.78 is 22.7. The normalized spacial score (nSPS) is 30.6. The summed E-state index contributed by atoms with van der Waals surface area (Å²) in [6.45, 7) is 1.76. The van der Waals surface area contributed by atoms with Gasteiger partial charge in [-0.3, -0.25) is 9.59 Å². The number of nitrogens with zero attached hydrogens (tertiary/aromatic N) is 1. The van der Waals surface area contributed by atoms with Crippen LogP contribution in [-0.4, -0.2) is 48.2 Å². The van der Waals surface area contributed by atoms with Gasteiger partial charge in [-0.15, -0.1) is 0 Å². The monoisotopic (exact) mass is 408 g/mol. The maximum Gasteiger partial charge on any atom is 0.231 e. The van der Waals surface area contributed by atoms with E-state index in [1.807, 2.05) is 18.2 Å². The summed E-state index contributed by atoms with van der Waals surface area (Å²) in [4.78, 5) is 28.1. The quantitative estimate of drug-likeness (QED) is 0.778. The number of carbonyl (C=O) groups is 2. The second-order valence-electron chi connectivity index (χ2n) is 8.02. The maximum absolute atomic E-state index is 13.2. The lowest BCUT2D eigenvalue weighted by atomic mass is 9.77. The maximum atomic E-state index is 13.2. The molecule has 6 rings (SSSR count). The number of rotatable bonds is 4. The van der Waals surface area contributed by atoms with Crippen LogP contribution in [0, 0.1) is 11.8 Å². The summed E-state index contributed by atoms with van der Waals surface area (Å²) in [5.41, 5.74) is -0.147. The Kier molecular flexibility index (Phi) is 3.73. The Bertz CT molecular complexity index is 1050. The first-order valence-corrected chi connectivity index (χ1v) is 10.0. The molecule has 8 heteroatoms. The first-order chi connectivity index (χ1) is 14.6. The lowest BCUT2D eigenvalue weighted by Crippen LogP contribution is -2.41. The Morgan fingerprint density at radius 2 is 2.07 bits per heavy atom. The van der Waals surface area contributed by atoms with Crippen LogP contribution in [0.25, 0.3) is 0 Å². The lowest BCUT2D eigenvalue weighted by molar-refractivity contribution is -0.136. The summed E-state index contributed by atoms with van der Waals surface area (Å²) in [5.74, 6) is 0.513. The molecule has 2 bridgehead atoms. The van der Waals surface area contributed by atoms with Crippen molar-refractivity contribution in [3.63, 3.8) is 0 Å². The average molecular weight is 408 g/mol. The molecule has 30 heavy (non-hydrogen) atoms. The number of ether oxygens (including phenoxy) is 3. The van der Waals surface area contributed by atoms with Crippen molar-refractivity contribution in [3.8, 4) is 11.5 Å². The number of likely N-dealkylation sites (tertiary alicyclic amines) is 1. The van der Waals surface area contributed by atoms with Crippen LogP contribution >= 0.6 is 0 Å². The molecule has 2 fully saturated rings. The third-order valence-electron chi connectivity index (χ3n) is 6.22. The molecule has 4 aliphatic heterocycles. The second-order valence-corrected chi connectivity index (χ2v) is 8.02. The highest BCUT2D eigenvalue weighted by molar-refractivity contribution is 5.99. The van der Waals surface area contributed by atoms with Crippen molar-refractivity contribution in [2.45, 2.75) is 18.2 Å². The summed E-state index contributed by atoms with van der Waals surface area (Å²) in [7, 11) is 0. The van der Waals surface area contributed by atoms with Gasteiger partial charge in [-0.05, 0) is 24.3 Å². The number of nitrogens with one attached hydrogen (secondary N) is 1. The predicted molar refractivity (Wildman–Crippen MR) is 104 cm³/mol. The zero-order chi connectivity index (χ0) is 20.3. The minimum atomic E-state index is -0.747. The molecule has 0 aliphatic carbocycles. The van der Waals surface area contributed by atoms with Crippen molar-refractivity contribution in [2.75, 3.05) is 25.1 Å². The summed E-state index contributed by atoms with van der Waals surface area (Å²) in [6, 6.07) is 8.91. The molecule has 0 radical (unpaired) electrons.